The third-order valence-corrected chi connectivity index (χ3v) is 1.45. The first kappa shape index (κ1) is 12.0. The summed E-state index contributed by atoms with van der Waals surface area (Å²) in [6.07, 6.45) is 1.16. The van der Waals surface area contributed by atoms with E-state index >= 15 is 0 Å². The molecule has 76 valence electrons. The van der Waals surface area contributed by atoms with Gasteiger partial charge in [0.1, 0.15) is 6.61 Å². The van der Waals surface area contributed by atoms with E-state index in [0.29, 0.717) is 6.42 Å². The van der Waals surface area contributed by atoms with Crippen molar-refractivity contribution in [1.82, 2.24) is 0 Å². The maximum atomic E-state index is 11.1. The highest BCUT2D eigenvalue weighted by Gasteiger charge is 2.19. The summed E-state index contributed by atoms with van der Waals surface area (Å²) in [5.41, 5.74) is 5.37. The Labute approximate surface area is 77.6 Å². The van der Waals surface area contributed by atoms with Gasteiger partial charge in [-0.1, -0.05) is 18.5 Å². The Kier molecular flexibility index (Phi) is 6.05. The van der Waals surface area contributed by atoms with Crippen LogP contribution in [0.3, 0.4) is 0 Å². The molecule has 0 aliphatic carbocycles. The molecule has 0 aromatic rings. The Hall–Kier alpha value is -0.970. The maximum absolute atomic E-state index is 11.1. The van der Waals surface area contributed by atoms with Gasteiger partial charge in [-0.05, 0) is 13.3 Å². The van der Waals surface area contributed by atoms with Gasteiger partial charge in [0.05, 0.1) is 0 Å². The lowest BCUT2D eigenvalue weighted by Gasteiger charge is -2.09. The van der Waals surface area contributed by atoms with E-state index in [1.165, 1.54) is 0 Å². The summed E-state index contributed by atoms with van der Waals surface area (Å²) < 4.78 is 4.75. The third kappa shape index (κ3) is 5.30. The molecule has 0 amide bonds. The second-order valence-electron chi connectivity index (χ2n) is 3.02. The zero-order valence-electron chi connectivity index (χ0n) is 8.03. The molecule has 0 aliphatic heterocycles. The van der Waals surface area contributed by atoms with E-state index < -0.39 is 12.0 Å². The summed E-state index contributed by atoms with van der Waals surface area (Å²) in [5.74, 6) is -0.575. The van der Waals surface area contributed by atoms with Crippen molar-refractivity contribution in [3.8, 4) is 0 Å². The first-order valence-corrected chi connectivity index (χ1v) is 4.36. The van der Waals surface area contributed by atoms with E-state index in [9.17, 15) is 9.70 Å². The molecule has 0 aromatic heterocycles. The molecule has 0 aliphatic rings. The molecule has 0 bridgehead atoms. The van der Waals surface area contributed by atoms with Crippen LogP contribution in [0.25, 0.3) is 0 Å². The second-order valence-corrected chi connectivity index (χ2v) is 3.02. The van der Waals surface area contributed by atoms with Crippen LogP contribution >= 0.6 is 0 Å². The standard InChI is InChI=1S/C8H16N2O3/c1-3-4-7(10-12)8(11)13-5-6(2)9/h6-7H,3-5,9H2,1-2H3. The van der Waals surface area contributed by atoms with Crippen LogP contribution in [0.15, 0.2) is 5.18 Å². The minimum absolute atomic E-state index is 0.133. The van der Waals surface area contributed by atoms with Crippen LogP contribution in [0.4, 0.5) is 0 Å². The smallest absolute Gasteiger partial charge is 0.334 e. The van der Waals surface area contributed by atoms with Crippen LogP contribution in [0.1, 0.15) is 26.7 Å². The van der Waals surface area contributed by atoms with Gasteiger partial charge in [0.25, 0.3) is 0 Å². The molecule has 2 unspecified atom stereocenters. The molecular formula is C8H16N2O3. The van der Waals surface area contributed by atoms with Gasteiger partial charge < -0.3 is 10.5 Å². The molecule has 2 N–H and O–H groups in total. The summed E-state index contributed by atoms with van der Waals surface area (Å²) in [4.78, 5) is 21.3. The van der Waals surface area contributed by atoms with Gasteiger partial charge in [0, 0.05) is 6.04 Å². The molecule has 0 aromatic carbocycles. The van der Waals surface area contributed by atoms with Crippen molar-refractivity contribution < 1.29 is 9.53 Å². The van der Waals surface area contributed by atoms with E-state index in [-0.39, 0.29) is 12.6 Å². The lowest BCUT2D eigenvalue weighted by molar-refractivity contribution is -0.145. The number of ether oxygens (including phenoxy) is 1. The number of esters is 1. The molecule has 0 spiro atoms. The average molecular weight is 188 g/mol. The highest BCUT2D eigenvalue weighted by Crippen LogP contribution is 2.03. The van der Waals surface area contributed by atoms with Gasteiger partial charge in [-0.2, -0.15) is 0 Å². The summed E-state index contributed by atoms with van der Waals surface area (Å²) in [7, 11) is 0. The fourth-order valence-electron chi connectivity index (χ4n) is 0.797. The predicted molar refractivity (Wildman–Crippen MR) is 49.1 cm³/mol. The normalized spacial score (nSPS) is 14.7. The Balaban J connectivity index is 3.84. The molecule has 13 heavy (non-hydrogen) atoms. The minimum Gasteiger partial charge on any atom is -0.462 e. The van der Waals surface area contributed by atoms with Crippen LogP contribution in [0.5, 0.6) is 0 Å². The third-order valence-electron chi connectivity index (χ3n) is 1.45. The van der Waals surface area contributed by atoms with Gasteiger partial charge in [-0.25, -0.2) is 4.79 Å². The average Bonchev–Trinajstić information content (AvgIpc) is 2.10. The zero-order valence-corrected chi connectivity index (χ0v) is 8.03. The predicted octanol–water partition coefficient (Wildman–Crippen LogP) is 0.812. The molecule has 0 heterocycles. The highest BCUT2D eigenvalue weighted by molar-refractivity contribution is 5.75. The minimum atomic E-state index is -0.872. The van der Waals surface area contributed by atoms with E-state index in [2.05, 4.69) is 5.18 Å². The van der Waals surface area contributed by atoms with Crippen molar-refractivity contribution in [3.63, 3.8) is 0 Å². The molecule has 5 nitrogen and oxygen atoms in total. The van der Waals surface area contributed by atoms with Gasteiger partial charge >= 0.3 is 5.97 Å². The van der Waals surface area contributed by atoms with Crippen LogP contribution in [0, 0.1) is 4.91 Å². The summed E-state index contributed by atoms with van der Waals surface area (Å²) >= 11 is 0. The molecule has 0 saturated carbocycles. The van der Waals surface area contributed by atoms with Crippen LogP contribution in [-0.4, -0.2) is 24.7 Å². The lowest BCUT2D eigenvalue weighted by Crippen LogP contribution is -2.28. The van der Waals surface area contributed by atoms with Crippen molar-refractivity contribution in [2.75, 3.05) is 6.61 Å². The monoisotopic (exact) mass is 188 g/mol. The largest absolute Gasteiger partial charge is 0.462 e. The topological polar surface area (TPSA) is 81.8 Å². The van der Waals surface area contributed by atoms with Crippen molar-refractivity contribution in [2.45, 2.75) is 38.8 Å². The van der Waals surface area contributed by atoms with Gasteiger partial charge in [-0.15, -0.1) is 4.91 Å². The van der Waals surface area contributed by atoms with Crippen LogP contribution in [0.2, 0.25) is 0 Å². The van der Waals surface area contributed by atoms with Gasteiger partial charge in [-0.3, -0.25) is 0 Å². The number of nitroso groups, excluding NO2 is 1. The molecule has 0 rings (SSSR count). The molecule has 2 atom stereocenters. The van der Waals surface area contributed by atoms with E-state index in [1.54, 1.807) is 6.92 Å². The number of hydrogen-bond donors (Lipinski definition) is 1. The first-order valence-electron chi connectivity index (χ1n) is 4.36. The number of hydrogen-bond acceptors (Lipinski definition) is 5. The number of nitrogens with two attached hydrogens (primary N) is 1. The SMILES string of the molecule is CCCC(N=O)C(=O)OCC(C)N. The molecule has 0 radical (unpaired) electrons. The Morgan fingerprint density at radius 2 is 2.23 bits per heavy atom. The molecule has 0 saturated heterocycles. The summed E-state index contributed by atoms with van der Waals surface area (Å²) in [6.45, 7) is 3.72. The summed E-state index contributed by atoms with van der Waals surface area (Å²) in [6, 6.07) is -1.08. The number of carbonyl (C=O) groups excluding carboxylic acids is 1. The number of rotatable bonds is 6. The Morgan fingerprint density at radius 1 is 1.62 bits per heavy atom. The Morgan fingerprint density at radius 3 is 2.62 bits per heavy atom. The Bertz CT molecular complexity index is 171. The second kappa shape index (κ2) is 6.54. The number of nitrogens with zero attached hydrogens (tertiary/aromatic N) is 1. The van der Waals surface area contributed by atoms with Crippen molar-refractivity contribution >= 4 is 5.97 Å². The quantitative estimate of drug-likeness (QED) is 0.494. The fraction of sp³-hybridized carbons (Fsp3) is 0.875. The van der Waals surface area contributed by atoms with Gasteiger partial charge in [0.2, 0.25) is 0 Å². The molecule has 0 fully saturated rings. The van der Waals surface area contributed by atoms with Crippen molar-refractivity contribution in [3.05, 3.63) is 4.91 Å². The number of carbonyl (C=O) groups is 1. The maximum Gasteiger partial charge on any atom is 0.334 e. The van der Waals surface area contributed by atoms with E-state index in [4.69, 9.17) is 10.5 Å². The summed E-state index contributed by atoms with van der Waals surface area (Å²) in [5, 5.41) is 2.69. The molecule has 5 heteroatoms. The van der Waals surface area contributed by atoms with E-state index in [0.717, 1.165) is 6.42 Å². The van der Waals surface area contributed by atoms with Crippen molar-refractivity contribution in [1.29, 1.82) is 0 Å². The van der Waals surface area contributed by atoms with Gasteiger partial charge in [0.15, 0.2) is 6.04 Å². The zero-order chi connectivity index (χ0) is 10.3. The lowest BCUT2D eigenvalue weighted by atomic mass is 10.2. The van der Waals surface area contributed by atoms with E-state index in [1.807, 2.05) is 6.92 Å². The van der Waals surface area contributed by atoms with Crippen LogP contribution in [-0.2, 0) is 9.53 Å². The van der Waals surface area contributed by atoms with Crippen molar-refractivity contribution in [2.24, 2.45) is 10.9 Å². The fourth-order valence-corrected chi connectivity index (χ4v) is 0.797. The molecular weight excluding hydrogens is 172 g/mol. The first-order chi connectivity index (χ1) is 6.11. The highest BCUT2D eigenvalue weighted by atomic mass is 16.5. The van der Waals surface area contributed by atoms with Crippen LogP contribution < -0.4 is 5.73 Å².